The monoisotopic (exact) mass is 520 g/mol. The summed E-state index contributed by atoms with van der Waals surface area (Å²) in [5.74, 6) is 1.29. The number of nitrogens with one attached hydrogen (secondary N) is 2. The lowest BCUT2D eigenvalue weighted by Gasteiger charge is -2.17. The predicted octanol–water partition coefficient (Wildman–Crippen LogP) is 5.85. The van der Waals surface area contributed by atoms with Crippen LogP contribution in [-0.4, -0.2) is 37.0 Å². The van der Waals surface area contributed by atoms with E-state index in [1.165, 1.54) is 0 Å². The largest absolute Gasteiger partial charge is 0.497 e. The van der Waals surface area contributed by atoms with E-state index < -0.39 is 0 Å². The van der Waals surface area contributed by atoms with Gasteiger partial charge in [-0.25, -0.2) is 4.98 Å². The Kier molecular flexibility index (Phi) is 7.87. The summed E-state index contributed by atoms with van der Waals surface area (Å²) in [7, 11) is 1.62. The molecule has 0 saturated carbocycles. The lowest BCUT2D eigenvalue weighted by molar-refractivity contribution is 0.0950. The Balaban J connectivity index is 1.25. The maximum Gasteiger partial charge on any atom is 0.255 e. The molecule has 7 nitrogen and oxygen atoms in total. The van der Waals surface area contributed by atoms with Crippen LogP contribution in [0.15, 0.2) is 85.1 Å². The van der Waals surface area contributed by atoms with Gasteiger partial charge in [-0.15, -0.1) is 0 Å². The summed E-state index contributed by atoms with van der Waals surface area (Å²) in [4.78, 5) is 32.4. The van der Waals surface area contributed by atoms with E-state index in [9.17, 15) is 9.59 Å². The third-order valence-electron chi connectivity index (χ3n) is 6.98. The molecule has 0 bridgehead atoms. The highest BCUT2D eigenvalue weighted by molar-refractivity contribution is 6.05. The zero-order valence-corrected chi connectivity index (χ0v) is 22.2. The van der Waals surface area contributed by atoms with Gasteiger partial charge in [-0.2, -0.15) is 0 Å². The van der Waals surface area contributed by atoms with Gasteiger partial charge in [0.15, 0.2) is 0 Å². The molecule has 0 radical (unpaired) electrons. The molecule has 3 aromatic carbocycles. The van der Waals surface area contributed by atoms with Gasteiger partial charge < -0.3 is 20.3 Å². The van der Waals surface area contributed by atoms with Gasteiger partial charge in [0.05, 0.1) is 7.11 Å². The number of ether oxygens (including phenoxy) is 1. The highest BCUT2D eigenvalue weighted by Gasteiger charge is 2.16. The summed E-state index contributed by atoms with van der Waals surface area (Å²) < 4.78 is 5.25. The molecule has 1 aromatic heterocycles. The van der Waals surface area contributed by atoms with E-state index in [0.717, 1.165) is 59.8 Å². The maximum absolute atomic E-state index is 13.0. The minimum absolute atomic E-state index is 0.146. The molecule has 7 heteroatoms. The number of rotatable bonds is 8. The van der Waals surface area contributed by atoms with Crippen molar-refractivity contribution in [3.8, 4) is 16.9 Å². The van der Waals surface area contributed by atoms with Gasteiger partial charge >= 0.3 is 0 Å². The van der Waals surface area contributed by atoms with Gasteiger partial charge in [-0.05, 0) is 90.6 Å². The van der Waals surface area contributed by atoms with Gasteiger partial charge in [-0.3, -0.25) is 9.59 Å². The fourth-order valence-electron chi connectivity index (χ4n) is 4.76. The molecule has 0 unspecified atom stereocenters. The highest BCUT2D eigenvalue weighted by atomic mass is 16.5. The van der Waals surface area contributed by atoms with Crippen LogP contribution in [0.5, 0.6) is 5.75 Å². The standard InChI is InChI=1S/C32H32N4O3/c1-22-8-13-27(35-32(38)26-14-15-33-30(19-26)36-16-3-4-17-36)20-29(22)24-9-11-25(12-10-24)31(37)34-21-23-6-5-7-28(18-23)39-2/h5-15,18-20H,3-4,16-17,21H2,1-2H3,(H,34,37)(H,35,38). The van der Waals surface area contributed by atoms with Crippen molar-refractivity contribution in [2.45, 2.75) is 26.3 Å². The summed E-state index contributed by atoms with van der Waals surface area (Å²) >= 11 is 0. The van der Waals surface area contributed by atoms with Crippen LogP contribution in [0.25, 0.3) is 11.1 Å². The van der Waals surface area contributed by atoms with Crippen LogP contribution >= 0.6 is 0 Å². The lowest BCUT2D eigenvalue weighted by atomic mass is 9.98. The normalized spacial score (nSPS) is 12.7. The second kappa shape index (κ2) is 11.8. The molecule has 1 aliphatic rings. The van der Waals surface area contributed by atoms with Crippen molar-refractivity contribution in [1.29, 1.82) is 0 Å². The molecule has 198 valence electrons. The Morgan fingerprint density at radius 2 is 1.69 bits per heavy atom. The van der Waals surface area contributed by atoms with Crippen LogP contribution in [0, 0.1) is 6.92 Å². The number of nitrogens with zero attached hydrogens (tertiary/aromatic N) is 2. The van der Waals surface area contributed by atoms with E-state index >= 15 is 0 Å². The number of hydrogen-bond acceptors (Lipinski definition) is 5. The fraction of sp³-hybridized carbons (Fsp3) is 0.219. The summed E-state index contributed by atoms with van der Waals surface area (Å²) in [5.41, 5.74) is 5.86. The van der Waals surface area contributed by atoms with Crippen LogP contribution in [-0.2, 0) is 6.54 Å². The van der Waals surface area contributed by atoms with E-state index in [1.807, 2.05) is 79.7 Å². The van der Waals surface area contributed by atoms with Gasteiger partial charge in [0.1, 0.15) is 11.6 Å². The summed E-state index contributed by atoms with van der Waals surface area (Å²) in [6.45, 7) is 4.39. The number of hydrogen-bond donors (Lipinski definition) is 2. The Hall–Kier alpha value is -4.65. The van der Waals surface area contributed by atoms with Crippen LogP contribution in [0.2, 0.25) is 0 Å². The predicted molar refractivity (Wildman–Crippen MR) is 154 cm³/mol. The number of amides is 2. The number of aromatic nitrogens is 1. The average Bonchev–Trinajstić information content (AvgIpc) is 3.52. The number of carbonyl (C=O) groups excluding carboxylic acids is 2. The summed E-state index contributed by atoms with van der Waals surface area (Å²) in [5, 5.41) is 5.98. The van der Waals surface area contributed by atoms with Gasteiger partial charge in [0.25, 0.3) is 11.8 Å². The zero-order valence-electron chi connectivity index (χ0n) is 22.2. The fourth-order valence-corrected chi connectivity index (χ4v) is 4.76. The van der Waals surface area contributed by atoms with Crippen molar-refractivity contribution in [1.82, 2.24) is 10.3 Å². The molecule has 2 heterocycles. The lowest BCUT2D eigenvalue weighted by Crippen LogP contribution is -2.22. The first-order valence-corrected chi connectivity index (χ1v) is 13.1. The van der Waals surface area contributed by atoms with Gasteiger partial charge in [-0.1, -0.05) is 30.3 Å². The average molecular weight is 521 g/mol. The third-order valence-corrected chi connectivity index (χ3v) is 6.98. The first-order valence-electron chi connectivity index (χ1n) is 13.1. The molecular weight excluding hydrogens is 488 g/mol. The molecule has 0 spiro atoms. The minimum atomic E-state index is -0.171. The number of aryl methyl sites for hydroxylation is 1. The van der Waals surface area contributed by atoms with Crippen LogP contribution in [0.1, 0.15) is 44.7 Å². The second-order valence-corrected chi connectivity index (χ2v) is 9.69. The summed E-state index contributed by atoms with van der Waals surface area (Å²) in [6.07, 6.45) is 4.00. The molecule has 5 rings (SSSR count). The molecular formula is C32H32N4O3. The van der Waals surface area contributed by atoms with Crippen molar-refractivity contribution < 1.29 is 14.3 Å². The van der Waals surface area contributed by atoms with Crippen molar-refractivity contribution in [3.63, 3.8) is 0 Å². The SMILES string of the molecule is COc1cccc(CNC(=O)c2ccc(-c3cc(NC(=O)c4ccnc(N5CCCC5)c4)ccc3C)cc2)c1. The maximum atomic E-state index is 13.0. The number of anilines is 2. The van der Waals surface area contributed by atoms with Crippen molar-refractivity contribution >= 4 is 23.3 Å². The Morgan fingerprint density at radius 1 is 0.897 bits per heavy atom. The molecule has 2 N–H and O–H groups in total. The first-order chi connectivity index (χ1) is 19.0. The quantitative estimate of drug-likeness (QED) is 0.305. The Labute approximate surface area is 228 Å². The minimum Gasteiger partial charge on any atom is -0.497 e. The highest BCUT2D eigenvalue weighted by Crippen LogP contribution is 2.28. The molecule has 2 amide bonds. The molecule has 4 aromatic rings. The van der Waals surface area contributed by atoms with E-state index in [-0.39, 0.29) is 11.8 Å². The van der Waals surface area contributed by atoms with E-state index in [2.05, 4.69) is 20.5 Å². The Morgan fingerprint density at radius 3 is 2.46 bits per heavy atom. The zero-order chi connectivity index (χ0) is 27.2. The number of pyridine rings is 1. The molecule has 39 heavy (non-hydrogen) atoms. The first kappa shape index (κ1) is 26.0. The van der Waals surface area contributed by atoms with Crippen molar-refractivity contribution in [2.75, 3.05) is 30.4 Å². The van der Waals surface area contributed by atoms with Crippen molar-refractivity contribution in [2.24, 2.45) is 0 Å². The topological polar surface area (TPSA) is 83.6 Å². The second-order valence-electron chi connectivity index (χ2n) is 9.69. The van der Waals surface area contributed by atoms with E-state index in [0.29, 0.717) is 23.4 Å². The number of carbonyl (C=O) groups is 2. The molecule has 1 aliphatic heterocycles. The third kappa shape index (κ3) is 6.26. The summed E-state index contributed by atoms with van der Waals surface area (Å²) in [6, 6.07) is 24.6. The van der Waals surface area contributed by atoms with Crippen molar-refractivity contribution in [3.05, 3.63) is 107 Å². The molecule has 1 saturated heterocycles. The van der Waals surface area contributed by atoms with Gasteiger partial charge in [0.2, 0.25) is 0 Å². The van der Waals surface area contributed by atoms with Crippen LogP contribution in [0.3, 0.4) is 0 Å². The van der Waals surface area contributed by atoms with Crippen LogP contribution < -0.4 is 20.3 Å². The van der Waals surface area contributed by atoms with Gasteiger partial charge in [0, 0.05) is 42.6 Å². The van der Waals surface area contributed by atoms with E-state index in [1.54, 1.807) is 19.4 Å². The van der Waals surface area contributed by atoms with Crippen LogP contribution in [0.4, 0.5) is 11.5 Å². The molecule has 0 aliphatic carbocycles. The molecule has 1 fully saturated rings. The number of methoxy groups -OCH3 is 1. The molecule has 0 atom stereocenters. The smallest absolute Gasteiger partial charge is 0.255 e. The van der Waals surface area contributed by atoms with E-state index in [4.69, 9.17) is 4.74 Å². The Bertz CT molecular complexity index is 1480. The number of benzene rings is 3.